The third-order valence-electron chi connectivity index (χ3n) is 8.43. The van der Waals surface area contributed by atoms with Gasteiger partial charge < -0.3 is 35.2 Å². The normalized spacial score (nSPS) is 23.1. The fourth-order valence-corrected chi connectivity index (χ4v) is 6.01. The number of carbonyl (C=O) groups is 1. The van der Waals surface area contributed by atoms with Gasteiger partial charge in [-0.25, -0.2) is 4.18 Å². The summed E-state index contributed by atoms with van der Waals surface area (Å²) >= 11 is 0. The zero-order valence-electron chi connectivity index (χ0n) is 29.7. The van der Waals surface area contributed by atoms with Crippen LogP contribution in [0, 0.1) is 0 Å². The Hall–Kier alpha value is -1.68. The van der Waals surface area contributed by atoms with Crippen molar-refractivity contribution in [2.75, 3.05) is 13.2 Å². The van der Waals surface area contributed by atoms with Gasteiger partial charge in [-0.1, -0.05) is 121 Å². The van der Waals surface area contributed by atoms with Crippen molar-refractivity contribution in [1.29, 1.82) is 0 Å². The van der Waals surface area contributed by atoms with Gasteiger partial charge in [0.1, 0.15) is 24.4 Å². The first kappa shape index (κ1) is 45.3. The maximum atomic E-state index is 12.8. The summed E-state index contributed by atoms with van der Waals surface area (Å²) in [6.45, 7) is 3.25. The van der Waals surface area contributed by atoms with E-state index >= 15 is 0 Å². The molecule has 0 aromatic carbocycles. The SMILES string of the molecule is CCCCCCCC/C=C\C/C=C\CCC(=O)NC(COC1OC(CO)C(O)C(OS(=O)(=O)O)C1O)C(O)/C=C/CCCCCCCCC. The molecule has 7 unspecified atom stereocenters. The smallest absolute Gasteiger partial charge is 0.394 e. The average Bonchev–Trinajstić information content (AvgIpc) is 3.06. The van der Waals surface area contributed by atoms with E-state index in [0.717, 1.165) is 38.5 Å². The summed E-state index contributed by atoms with van der Waals surface area (Å²) in [5.74, 6) is -0.335. The van der Waals surface area contributed by atoms with E-state index in [1.807, 2.05) is 18.2 Å². The highest BCUT2D eigenvalue weighted by Gasteiger charge is 2.48. The molecule has 7 atom stereocenters. The fraction of sp³-hybridized carbons (Fsp3) is 0.806. The summed E-state index contributed by atoms with van der Waals surface area (Å²) in [7, 11) is -5.08. The number of hydrogen-bond acceptors (Lipinski definition) is 10. The van der Waals surface area contributed by atoms with E-state index in [1.165, 1.54) is 64.2 Å². The molecule has 13 heteroatoms. The molecule has 0 spiro atoms. The predicted octanol–water partition coefficient (Wildman–Crippen LogP) is 5.21. The average molecular weight is 720 g/mol. The fourth-order valence-electron chi connectivity index (χ4n) is 5.50. The van der Waals surface area contributed by atoms with Crippen molar-refractivity contribution in [3.8, 4) is 0 Å². The highest BCUT2D eigenvalue weighted by Crippen LogP contribution is 2.26. The Morgan fingerprint density at radius 2 is 1.37 bits per heavy atom. The number of ether oxygens (including phenoxy) is 2. The molecule has 49 heavy (non-hydrogen) atoms. The van der Waals surface area contributed by atoms with Crippen LogP contribution in [0.1, 0.15) is 129 Å². The minimum atomic E-state index is -5.08. The molecule has 286 valence electrons. The summed E-state index contributed by atoms with van der Waals surface area (Å²) in [4.78, 5) is 12.8. The van der Waals surface area contributed by atoms with E-state index in [1.54, 1.807) is 6.08 Å². The van der Waals surface area contributed by atoms with Gasteiger partial charge in [0.2, 0.25) is 5.91 Å². The molecule has 1 amide bonds. The molecule has 1 rings (SSSR count). The molecule has 1 saturated heterocycles. The molecule has 0 bridgehead atoms. The Bertz CT molecular complexity index is 1040. The molecular weight excluding hydrogens is 654 g/mol. The van der Waals surface area contributed by atoms with Crippen LogP contribution in [0.5, 0.6) is 0 Å². The number of unbranched alkanes of at least 4 members (excludes halogenated alkanes) is 13. The van der Waals surface area contributed by atoms with Crippen LogP contribution in [0.2, 0.25) is 0 Å². The number of rotatable bonds is 29. The zero-order valence-corrected chi connectivity index (χ0v) is 30.6. The van der Waals surface area contributed by atoms with Gasteiger partial charge in [-0.15, -0.1) is 0 Å². The number of aliphatic hydroxyl groups is 4. The van der Waals surface area contributed by atoms with Crippen LogP contribution in [0.4, 0.5) is 0 Å². The lowest BCUT2D eigenvalue weighted by Crippen LogP contribution is -2.61. The van der Waals surface area contributed by atoms with E-state index < -0.39 is 59.9 Å². The lowest BCUT2D eigenvalue weighted by molar-refractivity contribution is -0.298. The number of aliphatic hydroxyl groups excluding tert-OH is 4. The van der Waals surface area contributed by atoms with Gasteiger partial charge in [0.05, 0.1) is 25.4 Å². The van der Waals surface area contributed by atoms with E-state index in [4.69, 9.17) is 14.0 Å². The van der Waals surface area contributed by atoms with Crippen molar-refractivity contribution in [3.05, 3.63) is 36.5 Å². The Morgan fingerprint density at radius 1 is 0.816 bits per heavy atom. The van der Waals surface area contributed by atoms with Gasteiger partial charge in [-0.3, -0.25) is 9.35 Å². The van der Waals surface area contributed by atoms with Crippen LogP contribution in [0.3, 0.4) is 0 Å². The summed E-state index contributed by atoms with van der Waals surface area (Å²) in [5, 5.41) is 44.2. The van der Waals surface area contributed by atoms with Crippen molar-refractivity contribution < 1.29 is 51.8 Å². The zero-order chi connectivity index (χ0) is 36.3. The van der Waals surface area contributed by atoms with Gasteiger partial charge >= 0.3 is 10.4 Å². The standard InChI is InChI=1S/C36H65NO11S/c1-3-5-7-9-11-13-14-15-16-18-20-22-24-26-32(40)37-29(30(39)25-23-21-19-17-12-10-8-6-4-2)28-46-36-34(42)35(48-49(43,44)45)33(41)31(27-38)47-36/h15-16,20,22-23,25,29-31,33-36,38-39,41-42H,3-14,17-19,21,24,26-28H2,1-2H3,(H,37,40)(H,43,44,45)/b16-15-,22-20-,25-23+. The Kier molecular flexibility index (Phi) is 25.9. The van der Waals surface area contributed by atoms with Gasteiger partial charge in [0.25, 0.3) is 0 Å². The maximum absolute atomic E-state index is 12.8. The molecule has 0 aromatic rings. The second-order valence-electron chi connectivity index (χ2n) is 12.8. The second-order valence-corrected chi connectivity index (χ2v) is 13.9. The number of allylic oxidation sites excluding steroid dienone is 5. The summed E-state index contributed by atoms with van der Waals surface area (Å²) in [6.07, 6.45) is 20.8. The van der Waals surface area contributed by atoms with Gasteiger partial charge in [-0.2, -0.15) is 8.42 Å². The van der Waals surface area contributed by atoms with Crippen LogP contribution < -0.4 is 5.32 Å². The van der Waals surface area contributed by atoms with Gasteiger partial charge in [0.15, 0.2) is 6.29 Å². The predicted molar refractivity (Wildman–Crippen MR) is 190 cm³/mol. The van der Waals surface area contributed by atoms with E-state index in [-0.39, 0.29) is 18.9 Å². The second kappa shape index (κ2) is 28.0. The topological polar surface area (TPSA) is 192 Å². The quantitative estimate of drug-likeness (QED) is 0.0338. The molecule has 0 saturated carbocycles. The first-order valence-electron chi connectivity index (χ1n) is 18.4. The molecule has 1 aliphatic heterocycles. The summed E-state index contributed by atoms with van der Waals surface area (Å²) in [5.41, 5.74) is 0. The summed E-state index contributed by atoms with van der Waals surface area (Å²) in [6, 6.07) is -0.970. The number of carbonyl (C=O) groups excluding carboxylic acids is 1. The molecule has 1 aliphatic rings. The highest BCUT2D eigenvalue weighted by atomic mass is 32.3. The Morgan fingerprint density at radius 3 is 1.94 bits per heavy atom. The van der Waals surface area contributed by atoms with Gasteiger partial charge in [-0.05, 0) is 38.5 Å². The molecule has 1 fully saturated rings. The lowest BCUT2D eigenvalue weighted by atomic mass is 9.99. The largest absolute Gasteiger partial charge is 0.397 e. The Labute approximate surface area is 295 Å². The van der Waals surface area contributed by atoms with E-state index in [0.29, 0.717) is 6.42 Å². The number of amides is 1. The van der Waals surface area contributed by atoms with Crippen molar-refractivity contribution >= 4 is 16.3 Å². The molecule has 12 nitrogen and oxygen atoms in total. The Balaban J connectivity index is 2.71. The third kappa shape index (κ3) is 22.0. The molecule has 0 aliphatic carbocycles. The van der Waals surface area contributed by atoms with E-state index in [9.17, 15) is 33.6 Å². The first-order chi connectivity index (χ1) is 23.5. The molecular formula is C36H65NO11S. The molecule has 0 aromatic heterocycles. The number of nitrogens with one attached hydrogen (secondary N) is 1. The first-order valence-corrected chi connectivity index (χ1v) is 19.7. The minimum absolute atomic E-state index is 0.161. The molecule has 0 radical (unpaired) electrons. The van der Waals surface area contributed by atoms with Crippen molar-refractivity contribution in [3.63, 3.8) is 0 Å². The minimum Gasteiger partial charge on any atom is -0.394 e. The third-order valence-corrected chi connectivity index (χ3v) is 8.89. The van der Waals surface area contributed by atoms with Crippen molar-refractivity contribution in [2.24, 2.45) is 0 Å². The van der Waals surface area contributed by atoms with E-state index in [2.05, 4.69) is 35.5 Å². The lowest BCUT2D eigenvalue weighted by Gasteiger charge is -2.41. The van der Waals surface area contributed by atoms with Gasteiger partial charge in [0, 0.05) is 6.42 Å². The molecule has 1 heterocycles. The number of hydrogen-bond donors (Lipinski definition) is 6. The molecule has 6 N–H and O–H groups in total. The van der Waals surface area contributed by atoms with Crippen molar-refractivity contribution in [1.82, 2.24) is 5.32 Å². The van der Waals surface area contributed by atoms with Crippen LogP contribution >= 0.6 is 0 Å². The maximum Gasteiger partial charge on any atom is 0.397 e. The van der Waals surface area contributed by atoms with Crippen LogP contribution in [-0.4, -0.2) is 95.4 Å². The van der Waals surface area contributed by atoms with Crippen LogP contribution in [0.15, 0.2) is 36.5 Å². The highest BCUT2D eigenvalue weighted by molar-refractivity contribution is 7.80. The van der Waals surface area contributed by atoms with Crippen LogP contribution in [-0.2, 0) is 28.9 Å². The summed E-state index contributed by atoms with van der Waals surface area (Å²) < 4.78 is 47.2. The monoisotopic (exact) mass is 719 g/mol. The van der Waals surface area contributed by atoms with Crippen molar-refractivity contribution in [2.45, 2.75) is 172 Å². The van der Waals surface area contributed by atoms with Crippen LogP contribution in [0.25, 0.3) is 0 Å².